The smallest absolute Gasteiger partial charge is 0.269 e. The molecule has 0 radical (unpaired) electrons. The van der Waals surface area contributed by atoms with Crippen molar-refractivity contribution >= 4 is 11.5 Å². The highest BCUT2D eigenvalue weighted by Gasteiger charge is 2.13. The van der Waals surface area contributed by atoms with Gasteiger partial charge in [0, 0.05) is 37.3 Å². The summed E-state index contributed by atoms with van der Waals surface area (Å²) in [5.74, 6) is -0.149. The summed E-state index contributed by atoms with van der Waals surface area (Å²) < 4.78 is 4.82. The van der Waals surface area contributed by atoms with Crippen molar-refractivity contribution in [3.63, 3.8) is 0 Å². The first-order valence-corrected chi connectivity index (χ1v) is 5.06. The van der Waals surface area contributed by atoms with E-state index >= 15 is 0 Å². The summed E-state index contributed by atoms with van der Waals surface area (Å²) in [7, 11) is 1.51. The van der Waals surface area contributed by atoms with E-state index in [2.05, 4.69) is 0 Å². The minimum Gasteiger partial charge on any atom is -0.383 e. The molecule has 2 N–H and O–H groups in total. The Balaban J connectivity index is 2.66. The van der Waals surface area contributed by atoms with Gasteiger partial charge in [0.05, 0.1) is 11.5 Å². The lowest BCUT2D eigenvalue weighted by Crippen LogP contribution is -2.28. The van der Waals surface area contributed by atoms with Crippen molar-refractivity contribution in [2.45, 2.75) is 12.5 Å². The van der Waals surface area contributed by atoms with Crippen LogP contribution in [0.1, 0.15) is 16.8 Å². The molecule has 0 aliphatic heterocycles. The van der Waals surface area contributed by atoms with Gasteiger partial charge in [0.1, 0.15) is 0 Å². The number of hydrogen-bond donors (Lipinski definition) is 1. The number of carbonyl (C=O) groups excluding carboxylic acids is 1. The second kappa shape index (κ2) is 6.07. The van der Waals surface area contributed by atoms with E-state index in [0.717, 1.165) is 0 Å². The fraction of sp³-hybridized carbons (Fsp3) is 0.364. The summed E-state index contributed by atoms with van der Waals surface area (Å²) >= 11 is 0. The highest BCUT2D eigenvalue weighted by Crippen LogP contribution is 2.13. The number of Topliss-reactive ketones (excluding diaryl/α,β-unsaturated/α-hetero) is 1. The molecule has 17 heavy (non-hydrogen) atoms. The van der Waals surface area contributed by atoms with Crippen LogP contribution in [0.5, 0.6) is 0 Å². The zero-order chi connectivity index (χ0) is 12.8. The standard InChI is InChI=1S/C11H14N2O4/c1-17-7-9(12)6-11(14)8-2-4-10(5-3-8)13(15)16/h2-5,9H,6-7,12H2,1H3. The van der Waals surface area contributed by atoms with Gasteiger partial charge in [-0.25, -0.2) is 0 Å². The molecule has 6 heteroatoms. The maximum atomic E-state index is 11.7. The number of hydrogen-bond acceptors (Lipinski definition) is 5. The third kappa shape index (κ3) is 3.93. The molecule has 1 atom stereocenters. The van der Waals surface area contributed by atoms with Gasteiger partial charge in [-0.05, 0) is 12.1 Å². The normalized spacial score (nSPS) is 12.1. The van der Waals surface area contributed by atoms with Gasteiger partial charge in [0.15, 0.2) is 5.78 Å². The van der Waals surface area contributed by atoms with Crippen LogP contribution in [0.4, 0.5) is 5.69 Å². The first-order valence-electron chi connectivity index (χ1n) is 5.06. The molecule has 1 aromatic rings. The first-order chi connectivity index (χ1) is 8.04. The van der Waals surface area contributed by atoms with Crippen LogP contribution in [0.3, 0.4) is 0 Å². The van der Waals surface area contributed by atoms with Crippen LogP contribution in [0, 0.1) is 10.1 Å². The Kier molecular flexibility index (Phi) is 4.74. The highest BCUT2D eigenvalue weighted by atomic mass is 16.6. The molecule has 1 aromatic carbocycles. The minimum absolute atomic E-state index is 0.0391. The number of ether oxygens (including phenoxy) is 1. The third-order valence-corrected chi connectivity index (χ3v) is 2.23. The number of nitrogens with two attached hydrogens (primary N) is 1. The predicted molar refractivity (Wildman–Crippen MR) is 61.9 cm³/mol. The molecule has 0 aliphatic carbocycles. The molecular formula is C11H14N2O4. The summed E-state index contributed by atoms with van der Waals surface area (Å²) in [6, 6.07) is 5.10. The zero-order valence-electron chi connectivity index (χ0n) is 9.46. The van der Waals surface area contributed by atoms with E-state index in [9.17, 15) is 14.9 Å². The van der Waals surface area contributed by atoms with Gasteiger partial charge in [0.25, 0.3) is 5.69 Å². The van der Waals surface area contributed by atoms with Crippen LogP contribution in [0.2, 0.25) is 0 Å². The van der Waals surface area contributed by atoms with Crippen molar-refractivity contribution in [1.29, 1.82) is 0 Å². The second-order valence-electron chi connectivity index (χ2n) is 3.65. The van der Waals surface area contributed by atoms with Crippen LogP contribution in [0.15, 0.2) is 24.3 Å². The molecule has 1 unspecified atom stereocenters. The van der Waals surface area contributed by atoms with Crippen molar-refractivity contribution in [2.75, 3.05) is 13.7 Å². The summed E-state index contributed by atoms with van der Waals surface area (Å²) in [5, 5.41) is 10.4. The summed E-state index contributed by atoms with van der Waals surface area (Å²) in [6.07, 6.45) is 0.158. The number of ketones is 1. The van der Waals surface area contributed by atoms with Crippen LogP contribution in [-0.2, 0) is 4.74 Å². The van der Waals surface area contributed by atoms with Crippen LogP contribution >= 0.6 is 0 Å². The van der Waals surface area contributed by atoms with Crippen molar-refractivity contribution in [2.24, 2.45) is 5.73 Å². The van der Waals surface area contributed by atoms with Crippen molar-refractivity contribution in [1.82, 2.24) is 0 Å². The molecule has 0 bridgehead atoms. The van der Waals surface area contributed by atoms with Crippen molar-refractivity contribution in [3.05, 3.63) is 39.9 Å². The molecule has 0 saturated heterocycles. The molecule has 0 fully saturated rings. The van der Waals surface area contributed by atoms with Gasteiger partial charge < -0.3 is 10.5 Å². The Hall–Kier alpha value is -1.79. The predicted octanol–water partition coefficient (Wildman–Crippen LogP) is 1.14. The van der Waals surface area contributed by atoms with E-state index in [1.165, 1.54) is 31.4 Å². The summed E-state index contributed by atoms with van der Waals surface area (Å²) in [6.45, 7) is 0.304. The third-order valence-electron chi connectivity index (χ3n) is 2.23. The molecule has 6 nitrogen and oxygen atoms in total. The average molecular weight is 238 g/mol. The van der Waals surface area contributed by atoms with Crippen LogP contribution in [-0.4, -0.2) is 30.5 Å². The Labute approximate surface area is 98.5 Å². The average Bonchev–Trinajstić information content (AvgIpc) is 2.29. The Bertz CT molecular complexity index is 402. The lowest BCUT2D eigenvalue weighted by atomic mass is 10.0. The van der Waals surface area contributed by atoms with Gasteiger partial charge in [-0.3, -0.25) is 14.9 Å². The van der Waals surface area contributed by atoms with E-state index in [4.69, 9.17) is 10.5 Å². The molecule has 0 amide bonds. The first kappa shape index (κ1) is 13.3. The quantitative estimate of drug-likeness (QED) is 0.455. The van der Waals surface area contributed by atoms with Gasteiger partial charge in [-0.15, -0.1) is 0 Å². The fourth-order valence-electron chi connectivity index (χ4n) is 1.40. The van der Waals surface area contributed by atoms with Gasteiger partial charge in [-0.1, -0.05) is 0 Å². The largest absolute Gasteiger partial charge is 0.383 e. The number of rotatable bonds is 6. The highest BCUT2D eigenvalue weighted by molar-refractivity contribution is 5.96. The number of methoxy groups -OCH3 is 1. The SMILES string of the molecule is COCC(N)CC(=O)c1ccc([N+](=O)[O-])cc1. The van der Waals surface area contributed by atoms with Crippen molar-refractivity contribution in [3.8, 4) is 0 Å². The molecule has 1 rings (SSSR count). The fourth-order valence-corrected chi connectivity index (χ4v) is 1.40. The Morgan fingerprint density at radius 3 is 2.53 bits per heavy atom. The van der Waals surface area contributed by atoms with Crippen LogP contribution in [0.25, 0.3) is 0 Å². The molecule has 0 spiro atoms. The number of nitro benzene ring substituents is 1. The lowest BCUT2D eigenvalue weighted by Gasteiger charge is -2.08. The van der Waals surface area contributed by atoms with Gasteiger partial charge in [0.2, 0.25) is 0 Å². The molecule has 0 aromatic heterocycles. The molecule has 0 heterocycles. The van der Waals surface area contributed by atoms with E-state index in [1.807, 2.05) is 0 Å². The second-order valence-corrected chi connectivity index (χ2v) is 3.65. The molecular weight excluding hydrogens is 224 g/mol. The van der Waals surface area contributed by atoms with Gasteiger partial charge in [-0.2, -0.15) is 0 Å². The molecule has 0 aliphatic rings. The summed E-state index contributed by atoms with van der Waals surface area (Å²) in [5.41, 5.74) is 6.03. The maximum Gasteiger partial charge on any atom is 0.269 e. The number of carbonyl (C=O) groups is 1. The lowest BCUT2D eigenvalue weighted by molar-refractivity contribution is -0.384. The van der Waals surface area contributed by atoms with Crippen molar-refractivity contribution < 1.29 is 14.5 Å². The van der Waals surface area contributed by atoms with E-state index in [-0.39, 0.29) is 23.9 Å². The molecule has 0 saturated carbocycles. The monoisotopic (exact) mass is 238 g/mol. The Morgan fingerprint density at radius 1 is 1.47 bits per heavy atom. The maximum absolute atomic E-state index is 11.7. The zero-order valence-corrected chi connectivity index (χ0v) is 9.46. The number of nitrogens with zero attached hydrogens (tertiary/aromatic N) is 1. The summed E-state index contributed by atoms with van der Waals surface area (Å²) in [4.78, 5) is 21.6. The number of non-ortho nitro benzene ring substituents is 1. The Morgan fingerprint density at radius 2 is 2.06 bits per heavy atom. The van der Waals surface area contributed by atoms with Crippen LogP contribution < -0.4 is 5.73 Å². The number of benzene rings is 1. The molecule has 92 valence electrons. The van der Waals surface area contributed by atoms with E-state index in [0.29, 0.717) is 12.2 Å². The topological polar surface area (TPSA) is 95.5 Å². The number of nitro groups is 1. The van der Waals surface area contributed by atoms with E-state index < -0.39 is 4.92 Å². The minimum atomic E-state index is -0.509. The van der Waals surface area contributed by atoms with E-state index in [1.54, 1.807) is 0 Å². The van der Waals surface area contributed by atoms with Gasteiger partial charge >= 0.3 is 0 Å².